The summed E-state index contributed by atoms with van der Waals surface area (Å²) >= 11 is 2.20. The lowest BCUT2D eigenvalue weighted by atomic mass is 9.97. The van der Waals surface area contributed by atoms with E-state index in [1.165, 1.54) is 39.5 Å². The Bertz CT molecular complexity index is 2800. The van der Waals surface area contributed by atoms with Gasteiger partial charge in [-0.15, -0.1) is 11.8 Å². The SMILES string of the molecule is C.C.C.CC(CSCC(=O)CCCNC(=O)[C@@H](O)[C@H](O)[C@H](O)[C@@H](O)C(=O)CCCNC(=O)CSCC(N)C(=O)O)C(=O)O.CCC(C)=O.CCCCC(=O)[C@H](O)[C@@H](O)[C@@H](O)[C@H](O)C(=O)NCCN.CCCCC(C)=O.CCCNC(C)=O.CCCOCCCC(C)=O.CCCOCCNC(C)=O.CNC(C)=O.NCCOCCCC(=O)[C@H](O)[C@@H](O)[C@@H](O)[C@H](O)C(=O)NCCOCCN. The number of carbonyl (C=O) groups excluding carboxylic acids is 14. The molecule has 0 saturated heterocycles. The summed E-state index contributed by atoms with van der Waals surface area (Å²) in [6.45, 7) is 29.2. The maximum atomic E-state index is 12.1. The Morgan fingerprint density at radius 3 is 1.00 bits per heavy atom. The number of aliphatic hydroxyl groups excluding tert-OH is 12. The normalized spacial score (nSPS) is 13.3. The zero-order valence-corrected chi connectivity index (χ0v) is 80.3. The van der Waals surface area contributed by atoms with Gasteiger partial charge in [-0.25, -0.2) is 0 Å². The number of amides is 7. The van der Waals surface area contributed by atoms with Crippen molar-refractivity contribution in [1.29, 1.82) is 0 Å². The Kier molecular flexibility index (Phi) is 120. The number of nitrogens with one attached hydrogen (secondary N) is 7. The molecule has 7 amide bonds. The highest BCUT2D eigenvalue weighted by Crippen LogP contribution is 2.15. The van der Waals surface area contributed by atoms with E-state index in [2.05, 4.69) is 58.0 Å². The number of ketones is 7. The topological polar surface area (TPSA) is 782 Å². The molecule has 47 heteroatoms. The summed E-state index contributed by atoms with van der Waals surface area (Å²) in [7, 11) is 1.60. The summed E-state index contributed by atoms with van der Waals surface area (Å²) in [5, 5.41) is 152. The van der Waals surface area contributed by atoms with Crippen molar-refractivity contribution in [3.8, 4) is 0 Å². The van der Waals surface area contributed by atoms with Gasteiger partial charge in [0.2, 0.25) is 23.6 Å². The van der Waals surface area contributed by atoms with E-state index in [1.54, 1.807) is 27.8 Å². The highest BCUT2D eigenvalue weighted by Gasteiger charge is 2.40. The minimum atomic E-state index is -2.19. The number of thioether (sulfide) groups is 2. The van der Waals surface area contributed by atoms with Crippen LogP contribution in [-0.2, 0) is 95.7 Å². The van der Waals surface area contributed by atoms with Gasteiger partial charge in [0.15, 0.2) is 35.7 Å². The van der Waals surface area contributed by atoms with E-state index in [1.807, 2.05) is 20.8 Å². The number of ether oxygens (including phenoxy) is 4. The van der Waals surface area contributed by atoms with Crippen LogP contribution in [0.2, 0.25) is 0 Å². The third-order valence-corrected chi connectivity index (χ3v) is 18.4. The highest BCUT2D eigenvalue weighted by atomic mass is 32.2. The summed E-state index contributed by atoms with van der Waals surface area (Å²) in [5.74, 6) is -7.34. The molecule has 133 heavy (non-hydrogen) atoms. The Balaban J connectivity index is -0.000000136. The van der Waals surface area contributed by atoms with Crippen molar-refractivity contribution in [2.24, 2.45) is 28.9 Å². The molecule has 0 bridgehead atoms. The average molecular weight is 1970 g/mol. The summed E-state index contributed by atoms with van der Waals surface area (Å²) in [4.78, 5) is 176. The Hall–Kier alpha value is -7.18. The first-order valence-corrected chi connectivity index (χ1v) is 45.6. The standard InChI is InChI=1S/C23H39N3O12S2.C15H31N3O8.C12H24N2O6.C8H16O2.C7H15NO2.C6H12O.C5H11NO.C4H8O.C3H7NO.3CH4/c1-12(22(35)36)8-39-9-13(27)4-2-7-26-21(34)20(33)19(32)18(31)17(30)15(28)5-3-6-25-16(29)11-40-10-14(24)23(37)38;16-3-7-25-6-1-2-10(19)11(20)12(21)13(22)14(23)15(24)18-5-9-26-8-4-17;1-2-3-4-7(15)8(16)9(17)10(18)11(19)12(20)14-6-5-13;1-3-6-10-7-4-5-8(2)9;1-3-5-10-6-4-8-7(2)9;1-3-4-5-6(2)7;1-3-4-6-5(2)7;1-3-4(2)5;1-3(5)4-2;;;/h12,14,17-20,30-33H,2-11,24H2,1H3,(H,25,29)(H,26,34)(H,35,36)(H,37,38);11-14,20-23H,1-9,16-17H2,(H,18,24);8-11,16-19H,2-6,13H2,1H3,(H,14,20);3-7H2,1-2H3;3-6H2,1-2H3,(H,8,9);3-5H2,1-2H3;3-4H2,1-2H3,(H,6,7);3H2,1-2H3;1-2H3,(H,4,5);3*1H4/t12?,14?,17-,18+,19+,20-;11-,12+,13+,14-;8-,9+,10+,11-;;;;;;;;;/m000........./s1. The number of Topliss-reactive ketones (excluding diaryl/α,β-unsaturated/α-hetero) is 7. The Morgan fingerprint density at radius 2 is 0.654 bits per heavy atom. The maximum Gasteiger partial charge on any atom is 0.321 e. The van der Waals surface area contributed by atoms with Crippen molar-refractivity contribution in [1.82, 2.24) is 37.2 Å². The molecule has 0 heterocycles. The van der Waals surface area contributed by atoms with Gasteiger partial charge in [0.05, 0.1) is 43.9 Å². The Labute approximate surface area is 795 Å². The van der Waals surface area contributed by atoms with Crippen LogP contribution in [0, 0.1) is 5.92 Å². The van der Waals surface area contributed by atoms with Gasteiger partial charge in [0, 0.05) is 170 Å². The number of carboxylic acids is 2. The van der Waals surface area contributed by atoms with E-state index in [0.29, 0.717) is 70.9 Å². The number of carboxylic acid groups (broad SMARTS) is 2. The summed E-state index contributed by atoms with van der Waals surface area (Å²) < 4.78 is 20.4. The number of unbranched alkanes of at least 4 members (excludes halogenated alkanes) is 2. The van der Waals surface area contributed by atoms with Crippen molar-refractivity contribution in [3.05, 3.63) is 0 Å². The molecule has 0 rings (SSSR count). The second kappa shape index (κ2) is 105. The zero-order chi connectivity index (χ0) is 102. The zero-order valence-electron chi connectivity index (χ0n) is 78.7. The van der Waals surface area contributed by atoms with E-state index < -0.39 is 138 Å². The molecule has 0 aliphatic carbocycles. The van der Waals surface area contributed by atoms with E-state index in [4.69, 9.17) is 52.1 Å². The van der Waals surface area contributed by atoms with Crippen molar-refractivity contribution >= 4 is 117 Å². The van der Waals surface area contributed by atoms with Gasteiger partial charge < -0.3 is 165 Å². The summed E-state index contributed by atoms with van der Waals surface area (Å²) in [6, 6.07) is -1.10. The van der Waals surface area contributed by atoms with Gasteiger partial charge in [-0.05, 0) is 78.6 Å². The number of hydrogen-bond acceptors (Lipinski definition) is 38. The van der Waals surface area contributed by atoms with Crippen LogP contribution >= 0.6 is 23.5 Å². The lowest BCUT2D eigenvalue weighted by molar-refractivity contribution is -0.154. The van der Waals surface area contributed by atoms with Crippen LogP contribution in [0.4, 0.5) is 0 Å². The molecule has 0 aromatic heterocycles. The van der Waals surface area contributed by atoms with Crippen LogP contribution in [0.1, 0.15) is 228 Å². The van der Waals surface area contributed by atoms with Crippen LogP contribution < -0.4 is 60.2 Å². The third-order valence-electron chi connectivity index (χ3n) is 16.0. The van der Waals surface area contributed by atoms with Gasteiger partial charge >= 0.3 is 11.9 Å². The van der Waals surface area contributed by atoms with E-state index in [-0.39, 0.29) is 165 Å². The Morgan fingerprint density at radius 1 is 0.331 bits per heavy atom. The molecule has 0 spiro atoms. The average Bonchev–Trinajstić information content (AvgIpc) is 0.871. The highest BCUT2D eigenvalue weighted by molar-refractivity contribution is 8.00. The first-order chi connectivity index (χ1) is 61.0. The van der Waals surface area contributed by atoms with Crippen LogP contribution in [0.5, 0.6) is 0 Å². The van der Waals surface area contributed by atoms with Crippen LogP contribution in [-0.4, -0.2) is 386 Å². The fourth-order valence-electron chi connectivity index (χ4n) is 8.25. The predicted molar refractivity (Wildman–Crippen MR) is 508 cm³/mol. The molecular weight excluding hydrogens is 1800 g/mol. The smallest absolute Gasteiger partial charge is 0.321 e. The molecule has 0 aliphatic heterocycles. The molecule has 0 radical (unpaired) electrons. The van der Waals surface area contributed by atoms with Gasteiger partial charge in [0.25, 0.3) is 17.7 Å². The molecule has 14 atom stereocenters. The number of carbonyl (C=O) groups is 16. The second-order valence-electron chi connectivity index (χ2n) is 28.7. The quantitative estimate of drug-likeness (QED) is 0.0277. The van der Waals surface area contributed by atoms with Gasteiger partial charge in [0.1, 0.15) is 84.1 Å². The van der Waals surface area contributed by atoms with Crippen LogP contribution in [0.3, 0.4) is 0 Å². The lowest BCUT2D eigenvalue weighted by Gasteiger charge is -2.25. The molecular formula is C86H175N11O34S2. The largest absolute Gasteiger partial charge is 0.481 e. The minimum Gasteiger partial charge on any atom is -0.481 e. The second-order valence-corrected chi connectivity index (χ2v) is 30.7. The fourth-order valence-corrected chi connectivity index (χ4v) is 10.0. The predicted octanol–water partition coefficient (Wildman–Crippen LogP) is -2.65. The molecule has 0 aliphatic rings. The number of aliphatic hydroxyl groups is 12. The molecule has 0 fully saturated rings. The number of aliphatic carboxylic acids is 2. The third kappa shape index (κ3) is 104. The van der Waals surface area contributed by atoms with Crippen molar-refractivity contribution < 1.29 is 167 Å². The first-order valence-electron chi connectivity index (χ1n) is 43.3. The van der Waals surface area contributed by atoms with Crippen molar-refractivity contribution in [2.75, 3.05) is 142 Å². The number of nitrogens with two attached hydrogens (primary N) is 4. The maximum absolute atomic E-state index is 12.1. The van der Waals surface area contributed by atoms with E-state index in [9.17, 15) is 138 Å². The molecule has 0 saturated carbocycles. The fraction of sp³-hybridized carbons (Fsp3) is 0.814. The van der Waals surface area contributed by atoms with E-state index in [0.717, 1.165) is 89.5 Å². The number of hydrogen-bond donors (Lipinski definition) is 25. The van der Waals surface area contributed by atoms with Gasteiger partial charge in [-0.2, -0.15) is 11.8 Å². The number of rotatable bonds is 66. The lowest BCUT2D eigenvalue weighted by Crippen LogP contribution is -2.53. The summed E-state index contributed by atoms with van der Waals surface area (Å²) in [5.41, 5.74) is 20.9. The van der Waals surface area contributed by atoms with Crippen LogP contribution in [0.15, 0.2) is 0 Å². The molecule has 790 valence electrons. The molecule has 2 unspecified atom stereocenters. The molecule has 0 aromatic carbocycles. The molecule has 45 nitrogen and oxygen atoms in total. The molecule has 0 aromatic rings. The van der Waals surface area contributed by atoms with Crippen LogP contribution in [0.25, 0.3) is 0 Å². The summed E-state index contributed by atoms with van der Waals surface area (Å²) in [6.07, 6.45) is -14.5. The van der Waals surface area contributed by atoms with Crippen molar-refractivity contribution in [2.45, 2.75) is 307 Å². The first kappa shape index (κ1) is 151. The van der Waals surface area contributed by atoms with E-state index >= 15 is 0 Å². The minimum absolute atomic E-state index is 0. The molecule has 29 N–H and O–H groups in total. The van der Waals surface area contributed by atoms with Gasteiger partial charge in [-0.3, -0.25) is 62.3 Å². The van der Waals surface area contributed by atoms with Gasteiger partial charge in [-0.1, -0.05) is 83.6 Å². The monoisotopic (exact) mass is 1970 g/mol. The van der Waals surface area contributed by atoms with Crippen molar-refractivity contribution in [3.63, 3.8) is 0 Å².